The van der Waals surface area contributed by atoms with Crippen molar-refractivity contribution in [3.05, 3.63) is 12.7 Å². The van der Waals surface area contributed by atoms with E-state index in [0.29, 0.717) is 6.42 Å². The number of likely N-dealkylation sites (N-methyl/N-ethyl adjacent to an activating group) is 1. The number of hydrogen-bond acceptors (Lipinski definition) is 2. The highest BCUT2D eigenvalue weighted by molar-refractivity contribution is 5.90. The van der Waals surface area contributed by atoms with Crippen molar-refractivity contribution in [2.45, 2.75) is 50.4 Å². The quantitative estimate of drug-likeness (QED) is 0.750. The van der Waals surface area contributed by atoms with Crippen molar-refractivity contribution >= 4 is 11.8 Å². The predicted molar refractivity (Wildman–Crippen MR) is 74.9 cm³/mol. The molecule has 1 aliphatic carbocycles. The molecule has 0 aromatic carbocycles. The average molecular weight is 318 g/mol. The summed E-state index contributed by atoms with van der Waals surface area (Å²) in [6.07, 6.45) is -0.279. The second kappa shape index (κ2) is 6.30. The van der Waals surface area contributed by atoms with E-state index in [4.69, 9.17) is 0 Å². The fraction of sp³-hybridized carbons (Fsp3) is 0.733. The number of nitrogens with zero attached hydrogens (tertiary/aromatic N) is 2. The Morgan fingerprint density at radius 1 is 1.32 bits per heavy atom. The van der Waals surface area contributed by atoms with Crippen molar-refractivity contribution in [3.8, 4) is 0 Å². The Morgan fingerprint density at radius 2 is 1.95 bits per heavy atom. The van der Waals surface area contributed by atoms with E-state index in [1.54, 1.807) is 0 Å². The van der Waals surface area contributed by atoms with Crippen LogP contribution >= 0.6 is 0 Å². The summed E-state index contributed by atoms with van der Waals surface area (Å²) in [6, 6.07) is -2.07. The van der Waals surface area contributed by atoms with Gasteiger partial charge in [-0.15, -0.1) is 0 Å². The van der Waals surface area contributed by atoms with Crippen molar-refractivity contribution in [2.75, 3.05) is 13.6 Å². The minimum Gasteiger partial charge on any atom is -0.333 e. The molecule has 1 aliphatic heterocycles. The van der Waals surface area contributed by atoms with E-state index in [0.717, 1.165) is 35.1 Å². The molecule has 22 heavy (non-hydrogen) atoms. The summed E-state index contributed by atoms with van der Waals surface area (Å²) in [6.45, 7) is 2.96. The monoisotopic (exact) mass is 318 g/mol. The fourth-order valence-corrected chi connectivity index (χ4v) is 3.63. The molecule has 0 spiro atoms. The van der Waals surface area contributed by atoms with E-state index < -0.39 is 24.0 Å². The van der Waals surface area contributed by atoms with Crippen LogP contribution in [0.1, 0.15) is 32.1 Å². The molecule has 0 radical (unpaired) electrons. The molecule has 3 atom stereocenters. The van der Waals surface area contributed by atoms with Crippen molar-refractivity contribution in [2.24, 2.45) is 5.92 Å². The number of hydrogen-bond donors (Lipinski definition) is 0. The topological polar surface area (TPSA) is 40.6 Å². The molecule has 2 rings (SSSR count). The van der Waals surface area contributed by atoms with Crippen molar-refractivity contribution in [1.82, 2.24) is 9.80 Å². The van der Waals surface area contributed by atoms with Gasteiger partial charge in [0.15, 0.2) is 0 Å². The molecule has 0 N–H and O–H groups in total. The molecule has 1 saturated heterocycles. The lowest BCUT2D eigenvalue weighted by atomic mass is 9.84. The second-order valence-corrected chi connectivity index (χ2v) is 6.10. The Morgan fingerprint density at radius 3 is 2.55 bits per heavy atom. The lowest BCUT2D eigenvalue weighted by Gasteiger charge is -2.35. The Bertz CT molecular complexity index is 464. The van der Waals surface area contributed by atoms with Crippen LogP contribution in [-0.4, -0.2) is 53.5 Å². The first-order valence-corrected chi connectivity index (χ1v) is 7.51. The number of likely N-dealkylation sites (tertiary alicyclic amines) is 1. The van der Waals surface area contributed by atoms with E-state index in [1.165, 1.54) is 7.05 Å². The second-order valence-electron chi connectivity index (χ2n) is 6.10. The molecule has 2 aliphatic rings. The first kappa shape index (κ1) is 16.8. The Kier molecular flexibility index (Phi) is 4.82. The largest absolute Gasteiger partial charge is 0.408 e. The highest BCUT2D eigenvalue weighted by Gasteiger charge is 2.55. The molecule has 2 fully saturated rings. The number of fused-ring (bicyclic) bond motifs is 1. The first-order chi connectivity index (χ1) is 10.3. The van der Waals surface area contributed by atoms with Gasteiger partial charge in [-0.1, -0.05) is 19.4 Å². The maximum Gasteiger partial charge on any atom is 0.408 e. The summed E-state index contributed by atoms with van der Waals surface area (Å²) in [5.41, 5.74) is 0. The molecule has 124 valence electrons. The third-order valence-electron chi connectivity index (χ3n) is 4.68. The van der Waals surface area contributed by atoms with Crippen molar-refractivity contribution in [3.63, 3.8) is 0 Å². The van der Waals surface area contributed by atoms with Crippen molar-refractivity contribution < 1.29 is 22.8 Å². The number of carbonyl (C=O) groups excluding carboxylic acids is 2. The van der Waals surface area contributed by atoms with Crippen LogP contribution < -0.4 is 0 Å². The molecule has 4 nitrogen and oxygen atoms in total. The molecular formula is C15H21F3N2O2. The number of amides is 2. The van der Waals surface area contributed by atoms with Gasteiger partial charge < -0.3 is 9.80 Å². The molecule has 1 heterocycles. The van der Waals surface area contributed by atoms with Crippen LogP contribution in [0.5, 0.6) is 0 Å². The van der Waals surface area contributed by atoms with Crippen molar-refractivity contribution in [1.29, 1.82) is 0 Å². The zero-order valence-corrected chi connectivity index (χ0v) is 12.6. The van der Waals surface area contributed by atoms with Gasteiger partial charge in [-0.2, -0.15) is 13.2 Å². The SMILES string of the molecule is C=CC(=O)N(C)CC(=O)N1[C@H](C(F)(F)F)C[C@@H]2CCCC[C@@H]21. The summed E-state index contributed by atoms with van der Waals surface area (Å²) in [4.78, 5) is 25.9. The molecule has 0 aromatic rings. The van der Waals surface area contributed by atoms with Crippen LogP contribution in [0.25, 0.3) is 0 Å². The van der Waals surface area contributed by atoms with E-state index in [1.807, 2.05) is 0 Å². The van der Waals surface area contributed by atoms with Gasteiger partial charge in [-0.3, -0.25) is 9.59 Å². The zero-order valence-electron chi connectivity index (χ0n) is 12.6. The van der Waals surface area contributed by atoms with E-state index >= 15 is 0 Å². The van der Waals surface area contributed by atoms with Gasteiger partial charge in [0, 0.05) is 13.1 Å². The van der Waals surface area contributed by atoms with Crippen LogP contribution in [0, 0.1) is 5.92 Å². The maximum atomic E-state index is 13.3. The lowest BCUT2D eigenvalue weighted by molar-refractivity contribution is -0.186. The molecule has 2 amide bonds. The Labute approximate surface area is 127 Å². The van der Waals surface area contributed by atoms with Gasteiger partial charge in [-0.25, -0.2) is 0 Å². The smallest absolute Gasteiger partial charge is 0.333 e. The first-order valence-electron chi connectivity index (χ1n) is 7.51. The van der Waals surface area contributed by atoms with Gasteiger partial charge in [0.25, 0.3) is 0 Å². The highest BCUT2D eigenvalue weighted by Crippen LogP contribution is 2.44. The Balaban J connectivity index is 2.17. The Hall–Kier alpha value is -1.53. The third-order valence-corrected chi connectivity index (χ3v) is 4.68. The lowest BCUT2D eigenvalue weighted by Crippen LogP contribution is -2.52. The van der Waals surface area contributed by atoms with Gasteiger partial charge in [0.05, 0.1) is 6.54 Å². The van der Waals surface area contributed by atoms with Crippen LogP contribution in [0.15, 0.2) is 12.7 Å². The van der Waals surface area contributed by atoms with Gasteiger partial charge in [0.2, 0.25) is 11.8 Å². The van der Waals surface area contributed by atoms with Gasteiger partial charge in [-0.05, 0) is 31.3 Å². The van der Waals surface area contributed by atoms with E-state index in [2.05, 4.69) is 6.58 Å². The molecule has 0 aromatic heterocycles. The standard InChI is InChI=1S/C15H21F3N2O2/c1-3-13(21)19(2)9-14(22)20-11-7-5-4-6-10(11)8-12(20)15(16,17)18/h3,10-12H,1,4-9H2,2H3/t10-,11-,12-/m0/s1. The predicted octanol–water partition coefficient (Wildman–Crippen LogP) is 2.35. The number of halogens is 3. The molecule has 0 unspecified atom stereocenters. The van der Waals surface area contributed by atoms with E-state index in [-0.39, 0.29) is 24.9 Å². The minimum atomic E-state index is -4.42. The minimum absolute atomic E-state index is 0.0149. The number of carbonyl (C=O) groups is 2. The number of rotatable bonds is 3. The third kappa shape index (κ3) is 3.28. The van der Waals surface area contributed by atoms with Crippen LogP contribution in [0.2, 0.25) is 0 Å². The summed E-state index contributed by atoms with van der Waals surface area (Å²) in [7, 11) is 1.39. The molecular weight excluding hydrogens is 297 g/mol. The van der Waals surface area contributed by atoms with Crippen LogP contribution in [-0.2, 0) is 9.59 Å². The average Bonchev–Trinajstić information content (AvgIpc) is 2.85. The van der Waals surface area contributed by atoms with Gasteiger partial charge >= 0.3 is 6.18 Å². The summed E-state index contributed by atoms with van der Waals surface area (Å²) in [5.74, 6) is -1.18. The van der Waals surface area contributed by atoms with E-state index in [9.17, 15) is 22.8 Å². The molecule has 0 bridgehead atoms. The fourth-order valence-electron chi connectivity index (χ4n) is 3.63. The highest BCUT2D eigenvalue weighted by atomic mass is 19.4. The normalized spacial score (nSPS) is 28.2. The zero-order chi connectivity index (χ0) is 16.5. The molecule has 1 saturated carbocycles. The maximum absolute atomic E-state index is 13.3. The summed E-state index contributed by atoms with van der Waals surface area (Å²) < 4.78 is 39.8. The van der Waals surface area contributed by atoms with Crippen LogP contribution in [0.4, 0.5) is 13.2 Å². The van der Waals surface area contributed by atoms with Crippen LogP contribution in [0.3, 0.4) is 0 Å². The summed E-state index contributed by atoms with van der Waals surface area (Å²) >= 11 is 0. The summed E-state index contributed by atoms with van der Waals surface area (Å²) in [5, 5.41) is 0. The van der Waals surface area contributed by atoms with Gasteiger partial charge in [0.1, 0.15) is 6.04 Å². The molecule has 7 heteroatoms. The number of alkyl halides is 3.